The molecule has 0 saturated carbocycles. The molecule has 2 nitrogen and oxygen atoms in total. The summed E-state index contributed by atoms with van der Waals surface area (Å²) in [6.45, 7) is 10.0. The van der Waals surface area contributed by atoms with E-state index in [-0.39, 0.29) is 0 Å². The van der Waals surface area contributed by atoms with E-state index in [1.54, 1.807) is 0 Å². The molecule has 2 heteroatoms. The van der Waals surface area contributed by atoms with Gasteiger partial charge in [-0.15, -0.1) is 0 Å². The summed E-state index contributed by atoms with van der Waals surface area (Å²) < 4.78 is 0. The van der Waals surface area contributed by atoms with Crippen LogP contribution in [0.5, 0.6) is 0 Å². The number of likely N-dealkylation sites (N-methyl/N-ethyl adjacent to an activating group) is 1. The molecule has 0 fully saturated rings. The second-order valence-electron chi connectivity index (χ2n) is 4.10. The van der Waals surface area contributed by atoms with Gasteiger partial charge in [0.25, 0.3) is 0 Å². The van der Waals surface area contributed by atoms with Crippen LogP contribution in [0.3, 0.4) is 0 Å². The minimum atomic E-state index is 0.977. The highest BCUT2D eigenvalue weighted by Gasteiger charge is 1.99. The average Bonchev–Trinajstić information content (AvgIpc) is 2.34. The highest BCUT2D eigenvalue weighted by Crippen LogP contribution is 1.97. The van der Waals surface area contributed by atoms with Crippen LogP contribution >= 0.6 is 0 Å². The summed E-state index contributed by atoms with van der Waals surface area (Å²) in [5.74, 6) is 0. The lowest BCUT2D eigenvalue weighted by Crippen LogP contribution is -2.32. The molecular weight excluding hydrogens is 196 g/mol. The molecule has 0 unspecified atom stereocenters. The van der Waals surface area contributed by atoms with Crippen molar-refractivity contribution in [1.29, 1.82) is 0 Å². The normalized spacial score (nSPS) is 10.9. The fraction of sp³-hybridized carbons (Fsp3) is 0.571. The molecular formula is C14H24N2. The number of hydrogen-bond donors (Lipinski definition) is 1. The third-order valence-electron chi connectivity index (χ3n) is 2.76. The van der Waals surface area contributed by atoms with E-state index in [4.69, 9.17) is 0 Å². The summed E-state index contributed by atoms with van der Waals surface area (Å²) in [5, 5.41) is 3.48. The Labute approximate surface area is 99.7 Å². The molecule has 0 saturated heterocycles. The van der Waals surface area contributed by atoms with E-state index in [1.807, 2.05) is 0 Å². The summed E-state index contributed by atoms with van der Waals surface area (Å²) in [7, 11) is 0. The third-order valence-corrected chi connectivity index (χ3v) is 2.76. The maximum Gasteiger partial charge on any atom is 0.0206 e. The quantitative estimate of drug-likeness (QED) is 0.677. The van der Waals surface area contributed by atoms with Crippen molar-refractivity contribution < 1.29 is 0 Å². The van der Waals surface area contributed by atoms with Crippen LogP contribution in [0, 0.1) is 0 Å². The van der Waals surface area contributed by atoms with E-state index in [0.717, 1.165) is 26.2 Å². The number of benzene rings is 1. The molecule has 0 radical (unpaired) electrons. The van der Waals surface area contributed by atoms with Crippen molar-refractivity contribution in [3.63, 3.8) is 0 Å². The number of rotatable bonds is 8. The summed E-state index contributed by atoms with van der Waals surface area (Å²) in [4.78, 5) is 2.48. The SMILES string of the molecule is CCCN(CC)CCNCc1ccccc1. The fourth-order valence-electron chi connectivity index (χ4n) is 1.81. The van der Waals surface area contributed by atoms with Gasteiger partial charge in [-0.1, -0.05) is 44.2 Å². The van der Waals surface area contributed by atoms with E-state index < -0.39 is 0 Å². The predicted molar refractivity (Wildman–Crippen MR) is 70.6 cm³/mol. The van der Waals surface area contributed by atoms with E-state index in [1.165, 1.54) is 18.5 Å². The Bertz CT molecular complexity index is 259. The molecule has 0 aromatic heterocycles. The van der Waals surface area contributed by atoms with Crippen LogP contribution in [-0.2, 0) is 6.54 Å². The Morgan fingerprint density at radius 2 is 1.81 bits per heavy atom. The van der Waals surface area contributed by atoms with E-state index >= 15 is 0 Å². The van der Waals surface area contributed by atoms with Crippen molar-refractivity contribution in [2.24, 2.45) is 0 Å². The van der Waals surface area contributed by atoms with Crippen molar-refractivity contribution in [1.82, 2.24) is 10.2 Å². The van der Waals surface area contributed by atoms with Gasteiger partial charge >= 0.3 is 0 Å². The average molecular weight is 220 g/mol. The Balaban J connectivity index is 2.11. The standard InChI is InChI=1S/C14H24N2/c1-3-11-16(4-2)12-10-15-13-14-8-6-5-7-9-14/h5-9,15H,3-4,10-13H2,1-2H3. The summed E-state index contributed by atoms with van der Waals surface area (Å²) in [6, 6.07) is 10.6. The summed E-state index contributed by atoms with van der Waals surface area (Å²) in [5.41, 5.74) is 1.36. The molecule has 0 spiro atoms. The van der Waals surface area contributed by atoms with Crippen LogP contribution in [0.15, 0.2) is 30.3 Å². The van der Waals surface area contributed by atoms with Gasteiger partial charge in [0.05, 0.1) is 0 Å². The van der Waals surface area contributed by atoms with Crippen molar-refractivity contribution in [3.05, 3.63) is 35.9 Å². The molecule has 1 aromatic carbocycles. The molecule has 0 heterocycles. The molecule has 0 aliphatic carbocycles. The Morgan fingerprint density at radius 3 is 2.44 bits per heavy atom. The summed E-state index contributed by atoms with van der Waals surface area (Å²) >= 11 is 0. The van der Waals surface area contributed by atoms with Crippen LogP contribution in [0.2, 0.25) is 0 Å². The molecule has 0 bridgehead atoms. The van der Waals surface area contributed by atoms with Crippen LogP contribution in [0.1, 0.15) is 25.8 Å². The minimum Gasteiger partial charge on any atom is -0.311 e. The first-order valence-corrected chi connectivity index (χ1v) is 6.33. The third kappa shape index (κ3) is 5.29. The van der Waals surface area contributed by atoms with Gasteiger partial charge in [0.1, 0.15) is 0 Å². The highest BCUT2D eigenvalue weighted by atomic mass is 15.1. The molecule has 0 atom stereocenters. The topological polar surface area (TPSA) is 15.3 Å². The van der Waals surface area contributed by atoms with Gasteiger partial charge in [-0.05, 0) is 25.1 Å². The number of nitrogens with zero attached hydrogens (tertiary/aromatic N) is 1. The van der Waals surface area contributed by atoms with E-state index in [2.05, 4.69) is 54.4 Å². The van der Waals surface area contributed by atoms with Crippen LogP contribution < -0.4 is 5.32 Å². The van der Waals surface area contributed by atoms with Crippen molar-refractivity contribution in [2.75, 3.05) is 26.2 Å². The molecule has 1 aromatic rings. The monoisotopic (exact) mass is 220 g/mol. The van der Waals surface area contributed by atoms with Crippen molar-refractivity contribution in [3.8, 4) is 0 Å². The number of nitrogens with one attached hydrogen (secondary N) is 1. The molecule has 1 N–H and O–H groups in total. The molecule has 90 valence electrons. The zero-order chi connectivity index (χ0) is 11.6. The minimum absolute atomic E-state index is 0.977. The second-order valence-corrected chi connectivity index (χ2v) is 4.10. The van der Waals surface area contributed by atoms with Gasteiger partial charge in [-0.3, -0.25) is 0 Å². The zero-order valence-electron chi connectivity index (χ0n) is 10.6. The van der Waals surface area contributed by atoms with Crippen LogP contribution in [0.4, 0.5) is 0 Å². The van der Waals surface area contributed by atoms with Gasteiger partial charge in [0.15, 0.2) is 0 Å². The first-order chi connectivity index (χ1) is 7.86. The number of hydrogen-bond acceptors (Lipinski definition) is 2. The highest BCUT2D eigenvalue weighted by molar-refractivity contribution is 5.14. The van der Waals surface area contributed by atoms with Gasteiger partial charge in [-0.25, -0.2) is 0 Å². The lowest BCUT2D eigenvalue weighted by molar-refractivity contribution is 0.287. The van der Waals surface area contributed by atoms with Crippen molar-refractivity contribution >= 4 is 0 Å². The first kappa shape index (κ1) is 13.2. The Hall–Kier alpha value is -0.860. The molecule has 0 aliphatic heterocycles. The lowest BCUT2D eigenvalue weighted by Gasteiger charge is -2.19. The lowest BCUT2D eigenvalue weighted by atomic mass is 10.2. The maximum atomic E-state index is 3.48. The Kier molecular flexibility index (Phi) is 6.86. The molecule has 0 amide bonds. The van der Waals surface area contributed by atoms with Gasteiger partial charge in [0.2, 0.25) is 0 Å². The first-order valence-electron chi connectivity index (χ1n) is 6.33. The maximum absolute atomic E-state index is 3.48. The predicted octanol–water partition coefficient (Wildman–Crippen LogP) is 2.51. The zero-order valence-corrected chi connectivity index (χ0v) is 10.6. The van der Waals surface area contributed by atoms with Crippen molar-refractivity contribution in [2.45, 2.75) is 26.8 Å². The van der Waals surface area contributed by atoms with E-state index in [9.17, 15) is 0 Å². The molecule has 0 aliphatic rings. The van der Waals surface area contributed by atoms with Gasteiger partial charge < -0.3 is 10.2 Å². The molecule has 1 rings (SSSR count). The fourth-order valence-corrected chi connectivity index (χ4v) is 1.81. The van der Waals surface area contributed by atoms with Gasteiger partial charge in [0, 0.05) is 19.6 Å². The smallest absolute Gasteiger partial charge is 0.0206 e. The summed E-state index contributed by atoms with van der Waals surface area (Å²) in [6.07, 6.45) is 1.24. The van der Waals surface area contributed by atoms with Gasteiger partial charge in [-0.2, -0.15) is 0 Å². The van der Waals surface area contributed by atoms with E-state index in [0.29, 0.717) is 0 Å². The van der Waals surface area contributed by atoms with Crippen LogP contribution in [-0.4, -0.2) is 31.1 Å². The second kappa shape index (κ2) is 8.31. The van der Waals surface area contributed by atoms with Crippen LogP contribution in [0.25, 0.3) is 0 Å². The molecule has 16 heavy (non-hydrogen) atoms. The Morgan fingerprint density at radius 1 is 1.06 bits per heavy atom. The largest absolute Gasteiger partial charge is 0.311 e.